The van der Waals surface area contributed by atoms with Gasteiger partial charge in [-0.2, -0.15) is 4.98 Å². The number of carbonyl (C=O) groups is 2. The third-order valence-corrected chi connectivity index (χ3v) is 3.89. The van der Waals surface area contributed by atoms with Crippen molar-refractivity contribution >= 4 is 33.8 Å². The summed E-state index contributed by atoms with van der Waals surface area (Å²) in [5.41, 5.74) is 6.11. The van der Waals surface area contributed by atoms with Gasteiger partial charge in [-0.1, -0.05) is 5.16 Å². The monoisotopic (exact) mass is 310 g/mol. The molecule has 0 amide bonds. The summed E-state index contributed by atoms with van der Waals surface area (Å²) >= 11 is 1.09. The number of ether oxygens (including phenoxy) is 1. The Kier molecular flexibility index (Phi) is 4.22. The predicted octanol–water partition coefficient (Wildman–Crippen LogP) is 1.62. The Bertz CT molecular complexity index is 691. The fourth-order valence-corrected chi connectivity index (χ4v) is 2.70. The topological polar surface area (TPSA) is 120 Å². The van der Waals surface area contributed by atoms with Gasteiger partial charge in [0.05, 0.1) is 24.2 Å². The van der Waals surface area contributed by atoms with Gasteiger partial charge in [-0.15, -0.1) is 11.3 Å². The summed E-state index contributed by atoms with van der Waals surface area (Å²) in [4.78, 5) is 27.7. The van der Waals surface area contributed by atoms with Gasteiger partial charge in [0.2, 0.25) is 5.89 Å². The van der Waals surface area contributed by atoms with E-state index in [-0.39, 0.29) is 23.6 Å². The number of nitrogens with zero attached hydrogens (tertiary/aromatic N) is 2. The first-order valence-corrected chi connectivity index (χ1v) is 6.80. The standard InChI is InChI=1S/C12H14N4O4S/c1-5(17)10-9(13)8(12(18)19-3)11(21-10)14-4-7-15-6(2)16-20-7/h14H,4,13H2,1-3H3. The van der Waals surface area contributed by atoms with Crippen molar-refractivity contribution in [2.24, 2.45) is 0 Å². The van der Waals surface area contributed by atoms with E-state index in [4.69, 9.17) is 15.0 Å². The molecule has 0 unspecified atom stereocenters. The second kappa shape index (κ2) is 5.92. The van der Waals surface area contributed by atoms with Crippen LogP contribution < -0.4 is 11.1 Å². The van der Waals surface area contributed by atoms with Crippen molar-refractivity contribution in [3.8, 4) is 0 Å². The number of rotatable bonds is 5. The van der Waals surface area contributed by atoms with Crippen LogP contribution in [0.4, 0.5) is 10.7 Å². The Morgan fingerprint density at radius 3 is 2.71 bits per heavy atom. The fourth-order valence-electron chi connectivity index (χ4n) is 1.70. The molecule has 0 fully saturated rings. The average molecular weight is 310 g/mol. The number of methoxy groups -OCH3 is 1. The van der Waals surface area contributed by atoms with Gasteiger partial charge >= 0.3 is 5.97 Å². The van der Waals surface area contributed by atoms with E-state index in [2.05, 4.69) is 15.5 Å². The molecule has 0 aromatic carbocycles. The number of aromatic nitrogens is 2. The second-order valence-corrected chi connectivity index (χ2v) is 5.21. The van der Waals surface area contributed by atoms with Crippen LogP contribution in [0.25, 0.3) is 0 Å². The van der Waals surface area contributed by atoms with Gasteiger partial charge in [0.15, 0.2) is 11.6 Å². The van der Waals surface area contributed by atoms with Crippen molar-refractivity contribution in [2.75, 3.05) is 18.2 Å². The van der Waals surface area contributed by atoms with Crippen LogP contribution in [-0.2, 0) is 11.3 Å². The predicted molar refractivity (Wildman–Crippen MR) is 76.4 cm³/mol. The first-order valence-electron chi connectivity index (χ1n) is 5.98. The van der Waals surface area contributed by atoms with Gasteiger partial charge in [-0.3, -0.25) is 4.79 Å². The lowest BCUT2D eigenvalue weighted by atomic mass is 10.2. The highest BCUT2D eigenvalue weighted by molar-refractivity contribution is 7.19. The molecule has 2 rings (SSSR count). The molecule has 0 aliphatic heterocycles. The Morgan fingerprint density at radius 2 is 2.19 bits per heavy atom. The number of hydrogen-bond donors (Lipinski definition) is 2. The van der Waals surface area contributed by atoms with Crippen LogP contribution in [0.5, 0.6) is 0 Å². The highest BCUT2D eigenvalue weighted by Gasteiger charge is 2.24. The Hall–Kier alpha value is -2.42. The van der Waals surface area contributed by atoms with E-state index in [9.17, 15) is 9.59 Å². The van der Waals surface area contributed by atoms with Crippen LogP contribution in [0.3, 0.4) is 0 Å². The molecule has 0 bridgehead atoms. The van der Waals surface area contributed by atoms with Crippen LogP contribution in [0.2, 0.25) is 0 Å². The molecule has 9 heteroatoms. The Morgan fingerprint density at radius 1 is 1.48 bits per heavy atom. The van der Waals surface area contributed by atoms with Gasteiger partial charge in [0.1, 0.15) is 10.6 Å². The largest absolute Gasteiger partial charge is 0.465 e. The number of aryl methyl sites for hydroxylation is 1. The Balaban J connectivity index is 2.30. The lowest BCUT2D eigenvalue weighted by Gasteiger charge is -2.04. The molecule has 8 nitrogen and oxygen atoms in total. The van der Waals surface area contributed by atoms with Crippen molar-refractivity contribution in [3.05, 3.63) is 22.2 Å². The molecule has 0 radical (unpaired) electrons. The molecule has 0 spiro atoms. The normalized spacial score (nSPS) is 10.4. The molecular weight excluding hydrogens is 296 g/mol. The number of Topliss-reactive ketones (excluding diaryl/α,β-unsaturated/α-hetero) is 1. The SMILES string of the molecule is COC(=O)c1c(NCc2nc(C)no2)sc(C(C)=O)c1N. The maximum atomic E-state index is 11.8. The van der Waals surface area contributed by atoms with Gasteiger partial charge < -0.3 is 20.3 Å². The van der Waals surface area contributed by atoms with Crippen LogP contribution in [0.15, 0.2) is 4.52 Å². The summed E-state index contributed by atoms with van der Waals surface area (Å²) in [7, 11) is 1.25. The number of carbonyl (C=O) groups excluding carboxylic acids is 2. The molecule has 0 saturated carbocycles. The van der Waals surface area contributed by atoms with Crippen LogP contribution in [0.1, 0.15) is 38.7 Å². The molecule has 0 aliphatic carbocycles. The first-order chi connectivity index (χ1) is 9.93. The van der Waals surface area contributed by atoms with Crippen molar-refractivity contribution in [3.63, 3.8) is 0 Å². The smallest absolute Gasteiger partial charge is 0.343 e. The third-order valence-electron chi connectivity index (χ3n) is 2.62. The number of nitrogens with two attached hydrogens (primary N) is 1. The molecular formula is C12H14N4O4S. The molecule has 2 aromatic rings. The molecule has 2 aromatic heterocycles. The summed E-state index contributed by atoms with van der Waals surface area (Å²) < 4.78 is 9.66. The minimum absolute atomic E-state index is 0.114. The zero-order valence-corrected chi connectivity index (χ0v) is 12.5. The minimum atomic E-state index is -0.611. The maximum absolute atomic E-state index is 11.8. The highest BCUT2D eigenvalue weighted by Crippen LogP contribution is 2.36. The number of esters is 1. The molecule has 112 valence electrons. The van der Waals surface area contributed by atoms with E-state index in [0.29, 0.717) is 21.6 Å². The molecule has 3 N–H and O–H groups in total. The molecule has 21 heavy (non-hydrogen) atoms. The van der Waals surface area contributed by atoms with Crippen LogP contribution in [-0.4, -0.2) is 29.0 Å². The van der Waals surface area contributed by atoms with E-state index >= 15 is 0 Å². The second-order valence-electron chi connectivity index (χ2n) is 4.19. The minimum Gasteiger partial charge on any atom is -0.465 e. The molecule has 0 aliphatic rings. The van der Waals surface area contributed by atoms with E-state index in [1.54, 1.807) is 6.92 Å². The van der Waals surface area contributed by atoms with Gasteiger partial charge in [0.25, 0.3) is 0 Å². The third kappa shape index (κ3) is 3.02. The summed E-state index contributed by atoms with van der Waals surface area (Å²) in [6, 6.07) is 0. The Labute approximate surface area is 124 Å². The number of ketones is 1. The lowest BCUT2D eigenvalue weighted by molar-refractivity contribution is 0.0603. The summed E-state index contributed by atoms with van der Waals surface area (Å²) in [6.45, 7) is 3.29. The van der Waals surface area contributed by atoms with Crippen LogP contribution in [0, 0.1) is 6.92 Å². The molecule has 0 atom stereocenters. The number of nitrogens with one attached hydrogen (secondary N) is 1. The lowest BCUT2D eigenvalue weighted by Crippen LogP contribution is -2.08. The number of hydrogen-bond acceptors (Lipinski definition) is 9. The van der Waals surface area contributed by atoms with E-state index in [0.717, 1.165) is 11.3 Å². The summed E-state index contributed by atoms with van der Waals surface area (Å²) in [6.07, 6.45) is 0. The quantitative estimate of drug-likeness (QED) is 0.631. The number of thiophene rings is 1. The van der Waals surface area contributed by atoms with E-state index < -0.39 is 5.97 Å². The summed E-state index contributed by atoms with van der Waals surface area (Å²) in [5.74, 6) is 0.0413. The van der Waals surface area contributed by atoms with Crippen molar-refractivity contribution < 1.29 is 18.8 Å². The fraction of sp³-hybridized carbons (Fsp3) is 0.333. The van der Waals surface area contributed by atoms with Crippen LogP contribution >= 0.6 is 11.3 Å². The van der Waals surface area contributed by atoms with E-state index in [1.807, 2.05) is 0 Å². The van der Waals surface area contributed by atoms with Crippen molar-refractivity contribution in [1.29, 1.82) is 0 Å². The summed E-state index contributed by atoms with van der Waals surface area (Å²) in [5, 5.41) is 7.05. The van der Waals surface area contributed by atoms with Crippen molar-refractivity contribution in [2.45, 2.75) is 20.4 Å². The molecule has 2 heterocycles. The van der Waals surface area contributed by atoms with Crippen molar-refractivity contribution in [1.82, 2.24) is 10.1 Å². The highest BCUT2D eigenvalue weighted by atomic mass is 32.1. The van der Waals surface area contributed by atoms with E-state index in [1.165, 1.54) is 14.0 Å². The number of nitrogen functional groups attached to an aromatic ring is 1. The van der Waals surface area contributed by atoms with Gasteiger partial charge in [-0.05, 0) is 6.92 Å². The zero-order chi connectivity index (χ0) is 15.6. The first kappa shape index (κ1) is 15.0. The van der Waals surface area contributed by atoms with Gasteiger partial charge in [-0.25, -0.2) is 4.79 Å². The average Bonchev–Trinajstić information content (AvgIpc) is 2.99. The number of anilines is 2. The zero-order valence-electron chi connectivity index (χ0n) is 11.7. The molecule has 0 saturated heterocycles. The maximum Gasteiger partial charge on any atom is 0.343 e. The van der Waals surface area contributed by atoms with Gasteiger partial charge in [0, 0.05) is 6.92 Å².